The summed E-state index contributed by atoms with van der Waals surface area (Å²) in [5, 5.41) is 7.71. The van der Waals surface area contributed by atoms with Gasteiger partial charge in [-0.05, 0) is 48.5 Å². The van der Waals surface area contributed by atoms with E-state index >= 15 is 0 Å². The van der Waals surface area contributed by atoms with Crippen LogP contribution in [0.2, 0.25) is 5.02 Å². The topological polar surface area (TPSA) is 75.2 Å². The number of allylic oxidation sites excluding steroid dienone is 2. The number of rotatable bonds is 7. The van der Waals surface area contributed by atoms with Crippen LogP contribution in [-0.4, -0.2) is 61.7 Å². The Labute approximate surface area is 232 Å². The molecular weight excluding hydrogens is 531 g/mol. The normalized spacial score (nSPS) is 20.8. The predicted molar refractivity (Wildman–Crippen MR) is 152 cm³/mol. The molecule has 37 heavy (non-hydrogen) atoms. The van der Waals surface area contributed by atoms with Crippen LogP contribution in [0.3, 0.4) is 0 Å². The summed E-state index contributed by atoms with van der Waals surface area (Å²) >= 11 is 18.4. The first kappa shape index (κ1) is 27.0. The number of hydrogen-bond acceptors (Lipinski definition) is 5. The van der Waals surface area contributed by atoms with Crippen molar-refractivity contribution in [3.8, 4) is 11.5 Å². The standard InChI is InChI=1S/C27H28Cl2N4O3S/c1-33-21-10-9-17(28)15-19(21)24(18-6-4-5-7-20(18)29)31-25(26(33)34)32-27(37)30-13-12-16-8-11-22(35-2)23(14-16)36-3/h4-11,14-15,19,21,25H,12-13H2,1-3H3,(H2,30,32,37). The molecule has 0 radical (unpaired) electrons. The summed E-state index contributed by atoms with van der Waals surface area (Å²) in [7, 11) is 4.96. The second-order valence-corrected chi connectivity index (χ2v) is 9.86. The minimum atomic E-state index is -0.927. The highest BCUT2D eigenvalue weighted by molar-refractivity contribution is 7.80. The number of nitrogens with zero attached hydrogens (tertiary/aromatic N) is 2. The highest BCUT2D eigenvalue weighted by Crippen LogP contribution is 2.32. The molecule has 0 spiro atoms. The van der Waals surface area contributed by atoms with Crippen LogP contribution >= 0.6 is 35.4 Å². The van der Waals surface area contributed by atoms with E-state index in [9.17, 15) is 4.79 Å². The van der Waals surface area contributed by atoms with Gasteiger partial charge in [0, 0.05) is 35.1 Å². The van der Waals surface area contributed by atoms with E-state index in [1.807, 2.05) is 48.6 Å². The molecule has 1 aliphatic carbocycles. The van der Waals surface area contributed by atoms with Gasteiger partial charge in [0.1, 0.15) is 0 Å². The highest BCUT2D eigenvalue weighted by Gasteiger charge is 2.38. The Bertz CT molecular complexity index is 1280. The van der Waals surface area contributed by atoms with Crippen molar-refractivity contribution < 1.29 is 14.3 Å². The molecule has 0 aromatic heterocycles. The lowest BCUT2D eigenvalue weighted by atomic mass is 9.86. The van der Waals surface area contributed by atoms with Gasteiger partial charge in [-0.2, -0.15) is 0 Å². The molecule has 0 bridgehead atoms. The van der Waals surface area contributed by atoms with Crippen molar-refractivity contribution in [2.24, 2.45) is 10.9 Å². The number of ether oxygens (including phenoxy) is 2. The number of nitrogens with one attached hydrogen (secondary N) is 2. The summed E-state index contributed by atoms with van der Waals surface area (Å²) in [4.78, 5) is 19.9. The zero-order valence-corrected chi connectivity index (χ0v) is 23.0. The first-order chi connectivity index (χ1) is 17.8. The van der Waals surface area contributed by atoms with Crippen LogP contribution < -0.4 is 20.1 Å². The number of halogens is 2. The number of carbonyl (C=O) groups excluding carboxylic acids is 1. The number of likely N-dealkylation sites (N-methyl/N-ethyl adjacent to an activating group) is 1. The number of carbonyl (C=O) groups is 1. The van der Waals surface area contributed by atoms with Crippen molar-refractivity contribution in [2.75, 3.05) is 27.8 Å². The Kier molecular flexibility index (Phi) is 8.74. The van der Waals surface area contributed by atoms with Gasteiger partial charge >= 0.3 is 0 Å². The summed E-state index contributed by atoms with van der Waals surface area (Å²) in [5.41, 5.74) is 2.47. The molecule has 7 nitrogen and oxygen atoms in total. The summed E-state index contributed by atoms with van der Waals surface area (Å²) < 4.78 is 10.7. The Morgan fingerprint density at radius 1 is 1.14 bits per heavy atom. The van der Waals surface area contributed by atoms with Crippen LogP contribution in [-0.2, 0) is 11.2 Å². The summed E-state index contributed by atoms with van der Waals surface area (Å²) in [6.07, 6.45) is 5.38. The number of methoxy groups -OCH3 is 2. The van der Waals surface area contributed by atoms with Crippen LogP contribution in [0.15, 0.2) is 70.7 Å². The molecule has 3 unspecified atom stereocenters. The number of thiocarbonyl (C=S) groups is 1. The van der Waals surface area contributed by atoms with E-state index in [0.717, 1.165) is 11.1 Å². The Morgan fingerprint density at radius 3 is 2.62 bits per heavy atom. The molecule has 1 aliphatic heterocycles. The van der Waals surface area contributed by atoms with E-state index in [-0.39, 0.29) is 17.9 Å². The van der Waals surface area contributed by atoms with Crippen molar-refractivity contribution in [3.63, 3.8) is 0 Å². The third-order valence-corrected chi connectivity index (χ3v) is 7.18. The monoisotopic (exact) mass is 558 g/mol. The fourth-order valence-corrected chi connectivity index (χ4v) is 5.07. The third-order valence-electron chi connectivity index (χ3n) is 6.34. The van der Waals surface area contributed by atoms with E-state index in [4.69, 9.17) is 49.9 Å². The minimum absolute atomic E-state index is 0.211. The third kappa shape index (κ3) is 6.09. The second-order valence-electron chi connectivity index (χ2n) is 8.61. The van der Waals surface area contributed by atoms with Gasteiger partial charge in [-0.15, -0.1) is 0 Å². The van der Waals surface area contributed by atoms with Crippen LogP contribution in [0, 0.1) is 5.92 Å². The van der Waals surface area contributed by atoms with E-state index in [1.165, 1.54) is 0 Å². The zero-order chi connectivity index (χ0) is 26.5. The smallest absolute Gasteiger partial charge is 0.268 e. The van der Waals surface area contributed by atoms with Crippen molar-refractivity contribution in [1.82, 2.24) is 15.5 Å². The molecule has 0 saturated carbocycles. The van der Waals surface area contributed by atoms with E-state index in [0.29, 0.717) is 45.3 Å². The van der Waals surface area contributed by atoms with Gasteiger partial charge in [0.2, 0.25) is 6.17 Å². The maximum absolute atomic E-state index is 13.4. The zero-order valence-electron chi connectivity index (χ0n) is 20.7. The lowest BCUT2D eigenvalue weighted by Crippen LogP contribution is -2.51. The quantitative estimate of drug-likeness (QED) is 0.493. The largest absolute Gasteiger partial charge is 0.493 e. The molecule has 2 aromatic rings. The number of benzene rings is 2. The number of amides is 1. The van der Waals surface area contributed by atoms with Gasteiger partial charge in [-0.3, -0.25) is 9.79 Å². The van der Waals surface area contributed by atoms with E-state index in [2.05, 4.69) is 10.6 Å². The van der Waals surface area contributed by atoms with Crippen LogP contribution in [0.5, 0.6) is 11.5 Å². The molecule has 1 amide bonds. The molecule has 0 fully saturated rings. The first-order valence-electron chi connectivity index (χ1n) is 11.7. The number of aliphatic imine (C=N–C) groups is 1. The summed E-state index contributed by atoms with van der Waals surface area (Å²) in [5.74, 6) is 0.868. The molecule has 2 N–H and O–H groups in total. The minimum Gasteiger partial charge on any atom is -0.493 e. The lowest BCUT2D eigenvalue weighted by Gasteiger charge is -2.32. The molecule has 194 valence electrons. The SMILES string of the molecule is COc1ccc(CCNC(=S)NC2N=C(c3ccccc3Cl)C3C=C(Cl)C=CC3N(C)C2=O)cc1OC. The molecule has 3 atom stereocenters. The maximum Gasteiger partial charge on any atom is 0.268 e. The molecule has 2 aliphatic rings. The first-order valence-corrected chi connectivity index (χ1v) is 12.9. The average Bonchev–Trinajstić information content (AvgIpc) is 2.99. The Balaban J connectivity index is 1.52. The number of fused-ring (bicyclic) bond motifs is 1. The van der Waals surface area contributed by atoms with E-state index < -0.39 is 6.17 Å². The van der Waals surface area contributed by atoms with Crippen molar-refractivity contribution in [3.05, 3.63) is 81.9 Å². The van der Waals surface area contributed by atoms with Crippen LogP contribution in [0.4, 0.5) is 0 Å². The van der Waals surface area contributed by atoms with Crippen molar-refractivity contribution in [1.29, 1.82) is 0 Å². The van der Waals surface area contributed by atoms with Gasteiger partial charge in [0.15, 0.2) is 16.6 Å². The highest BCUT2D eigenvalue weighted by atomic mass is 35.5. The molecule has 0 saturated heterocycles. The predicted octanol–water partition coefficient (Wildman–Crippen LogP) is 4.33. The number of hydrogen-bond donors (Lipinski definition) is 2. The van der Waals surface area contributed by atoms with Crippen LogP contribution in [0.1, 0.15) is 11.1 Å². The fraction of sp³-hybridized carbons (Fsp3) is 0.296. The average molecular weight is 560 g/mol. The van der Waals surface area contributed by atoms with Crippen molar-refractivity contribution >= 4 is 52.2 Å². The van der Waals surface area contributed by atoms with E-state index in [1.54, 1.807) is 38.3 Å². The lowest BCUT2D eigenvalue weighted by molar-refractivity contribution is -0.132. The maximum atomic E-state index is 13.4. The van der Waals surface area contributed by atoms with Crippen molar-refractivity contribution in [2.45, 2.75) is 18.6 Å². The van der Waals surface area contributed by atoms with Crippen LogP contribution in [0.25, 0.3) is 0 Å². The van der Waals surface area contributed by atoms with Gasteiger partial charge in [-0.1, -0.05) is 59.6 Å². The Morgan fingerprint density at radius 2 is 1.89 bits per heavy atom. The summed E-state index contributed by atoms with van der Waals surface area (Å²) in [6, 6.07) is 12.9. The van der Waals surface area contributed by atoms with Gasteiger partial charge in [-0.25, -0.2) is 0 Å². The summed E-state index contributed by atoms with van der Waals surface area (Å²) in [6.45, 7) is 0.547. The molecule has 1 heterocycles. The Hall–Kier alpha value is -3.07. The molecule has 10 heteroatoms. The fourth-order valence-electron chi connectivity index (χ4n) is 4.41. The van der Waals surface area contributed by atoms with Gasteiger partial charge in [0.25, 0.3) is 5.91 Å². The molecule has 4 rings (SSSR count). The molecular formula is C27H28Cl2N4O3S. The second kappa shape index (κ2) is 12.0. The van der Waals surface area contributed by atoms with Gasteiger partial charge < -0.3 is 25.0 Å². The van der Waals surface area contributed by atoms with Gasteiger partial charge in [0.05, 0.1) is 26.0 Å². The molecule has 2 aromatic carbocycles.